The summed E-state index contributed by atoms with van der Waals surface area (Å²) in [4.78, 5) is 28.6. The SMILES string of the molecule is COc1ccc(C2c3c(oc4ccc(F)cc4c3=O)C(=O)N2c2cccc(Br)c2)cc1OC. The van der Waals surface area contributed by atoms with E-state index in [2.05, 4.69) is 15.9 Å². The second-order valence-electron chi connectivity index (χ2n) is 7.49. The number of hydrogen-bond donors (Lipinski definition) is 0. The van der Waals surface area contributed by atoms with Crippen LogP contribution in [0.25, 0.3) is 11.0 Å². The van der Waals surface area contributed by atoms with Gasteiger partial charge in [0, 0.05) is 10.2 Å². The Morgan fingerprint density at radius 2 is 1.76 bits per heavy atom. The average molecular weight is 510 g/mol. The topological polar surface area (TPSA) is 69.0 Å². The smallest absolute Gasteiger partial charge is 0.295 e. The zero-order chi connectivity index (χ0) is 23.3. The average Bonchev–Trinajstić information content (AvgIpc) is 3.11. The lowest BCUT2D eigenvalue weighted by Crippen LogP contribution is -2.29. The molecular formula is C25H17BrFNO5. The number of amides is 1. The Hall–Kier alpha value is -3.65. The van der Waals surface area contributed by atoms with Crippen LogP contribution in [-0.2, 0) is 0 Å². The van der Waals surface area contributed by atoms with E-state index in [9.17, 15) is 14.0 Å². The molecule has 1 aromatic heterocycles. The third kappa shape index (κ3) is 3.38. The molecule has 166 valence electrons. The van der Waals surface area contributed by atoms with E-state index in [0.717, 1.165) is 10.5 Å². The van der Waals surface area contributed by atoms with Gasteiger partial charge in [0.25, 0.3) is 5.91 Å². The molecule has 0 fully saturated rings. The van der Waals surface area contributed by atoms with E-state index >= 15 is 0 Å². The third-order valence-electron chi connectivity index (χ3n) is 5.64. The second-order valence-corrected chi connectivity index (χ2v) is 8.40. The third-order valence-corrected chi connectivity index (χ3v) is 6.14. The lowest BCUT2D eigenvalue weighted by Gasteiger charge is -2.26. The fourth-order valence-corrected chi connectivity index (χ4v) is 4.56. The molecule has 1 unspecified atom stereocenters. The molecule has 0 N–H and O–H groups in total. The van der Waals surface area contributed by atoms with E-state index in [-0.39, 0.29) is 22.3 Å². The molecule has 0 bridgehead atoms. The number of benzene rings is 3. The first-order chi connectivity index (χ1) is 15.9. The molecular weight excluding hydrogens is 493 g/mol. The molecule has 1 aliphatic heterocycles. The molecule has 33 heavy (non-hydrogen) atoms. The van der Waals surface area contributed by atoms with Crippen molar-refractivity contribution in [3.8, 4) is 11.5 Å². The van der Waals surface area contributed by atoms with Gasteiger partial charge in [-0.3, -0.25) is 14.5 Å². The number of nitrogens with zero attached hydrogens (tertiary/aromatic N) is 1. The van der Waals surface area contributed by atoms with E-state index < -0.39 is 23.2 Å². The largest absolute Gasteiger partial charge is 0.493 e. The van der Waals surface area contributed by atoms with Crippen LogP contribution in [0.4, 0.5) is 10.1 Å². The van der Waals surface area contributed by atoms with Gasteiger partial charge in [0.05, 0.1) is 31.2 Å². The summed E-state index contributed by atoms with van der Waals surface area (Å²) >= 11 is 3.44. The minimum atomic E-state index is -0.814. The maximum absolute atomic E-state index is 13.9. The molecule has 0 saturated heterocycles. The van der Waals surface area contributed by atoms with Gasteiger partial charge in [0.2, 0.25) is 5.76 Å². The van der Waals surface area contributed by atoms with Crippen molar-refractivity contribution in [3.63, 3.8) is 0 Å². The molecule has 5 rings (SSSR count). The van der Waals surface area contributed by atoms with Crippen LogP contribution in [0.15, 0.2) is 74.3 Å². The van der Waals surface area contributed by atoms with Crippen molar-refractivity contribution >= 4 is 38.5 Å². The summed E-state index contributed by atoms with van der Waals surface area (Å²) in [5, 5.41) is 0.0723. The number of fused-ring (bicyclic) bond motifs is 2. The number of ether oxygens (including phenoxy) is 2. The lowest BCUT2D eigenvalue weighted by molar-refractivity contribution is 0.0971. The normalized spacial score (nSPS) is 15.1. The van der Waals surface area contributed by atoms with Crippen molar-refractivity contribution in [3.05, 3.63) is 98.1 Å². The Kier molecular flexibility index (Phi) is 5.17. The lowest BCUT2D eigenvalue weighted by atomic mass is 9.97. The highest BCUT2D eigenvalue weighted by Gasteiger charge is 2.44. The quantitative estimate of drug-likeness (QED) is 0.365. The van der Waals surface area contributed by atoms with Gasteiger partial charge in [-0.2, -0.15) is 0 Å². The number of methoxy groups -OCH3 is 2. The molecule has 0 aliphatic carbocycles. The van der Waals surface area contributed by atoms with Crippen molar-refractivity contribution in [2.45, 2.75) is 6.04 Å². The number of hydrogen-bond acceptors (Lipinski definition) is 5. The first-order valence-corrected chi connectivity index (χ1v) is 10.8. The summed E-state index contributed by atoms with van der Waals surface area (Å²) in [6.45, 7) is 0. The van der Waals surface area contributed by atoms with Crippen molar-refractivity contribution in [2.75, 3.05) is 19.1 Å². The van der Waals surface area contributed by atoms with Crippen LogP contribution in [0, 0.1) is 5.82 Å². The molecule has 3 aromatic carbocycles. The Morgan fingerprint density at radius 1 is 0.970 bits per heavy atom. The van der Waals surface area contributed by atoms with Gasteiger partial charge < -0.3 is 13.9 Å². The molecule has 0 radical (unpaired) electrons. The number of carbonyl (C=O) groups is 1. The Bertz CT molecular complexity index is 1480. The zero-order valence-electron chi connectivity index (χ0n) is 17.6. The number of rotatable bonds is 4. The number of halogens is 2. The van der Waals surface area contributed by atoms with Gasteiger partial charge >= 0.3 is 0 Å². The van der Waals surface area contributed by atoms with Gasteiger partial charge in [0.1, 0.15) is 11.4 Å². The van der Waals surface area contributed by atoms with Crippen molar-refractivity contribution < 1.29 is 23.1 Å². The summed E-state index contributed by atoms with van der Waals surface area (Å²) in [5.74, 6) is -0.149. The first-order valence-electron chi connectivity index (χ1n) is 10.00. The van der Waals surface area contributed by atoms with Crippen LogP contribution < -0.4 is 19.8 Å². The van der Waals surface area contributed by atoms with Gasteiger partial charge in [-0.05, 0) is 54.1 Å². The van der Waals surface area contributed by atoms with Crippen LogP contribution >= 0.6 is 15.9 Å². The summed E-state index contributed by atoms with van der Waals surface area (Å²) in [6.07, 6.45) is 0. The summed E-state index contributed by atoms with van der Waals surface area (Å²) in [7, 11) is 3.03. The van der Waals surface area contributed by atoms with Crippen LogP contribution in [0.2, 0.25) is 0 Å². The molecule has 6 nitrogen and oxygen atoms in total. The molecule has 0 saturated carbocycles. The van der Waals surface area contributed by atoms with Gasteiger partial charge in [0.15, 0.2) is 16.9 Å². The molecule has 4 aromatic rings. The second kappa shape index (κ2) is 8.04. The van der Waals surface area contributed by atoms with Crippen LogP contribution in [-0.4, -0.2) is 20.1 Å². The van der Waals surface area contributed by atoms with E-state index in [1.165, 1.54) is 31.3 Å². The van der Waals surface area contributed by atoms with Crippen LogP contribution in [0.3, 0.4) is 0 Å². The molecule has 8 heteroatoms. The highest BCUT2D eigenvalue weighted by Crippen LogP contribution is 2.43. The monoisotopic (exact) mass is 509 g/mol. The maximum atomic E-state index is 13.9. The minimum Gasteiger partial charge on any atom is -0.493 e. The van der Waals surface area contributed by atoms with Gasteiger partial charge in [-0.1, -0.05) is 28.1 Å². The molecule has 1 amide bonds. The molecule has 1 atom stereocenters. The van der Waals surface area contributed by atoms with E-state index in [0.29, 0.717) is 22.7 Å². The van der Waals surface area contributed by atoms with E-state index in [1.807, 2.05) is 6.07 Å². The standard InChI is InChI=1S/C25H17BrFNO5/c1-31-19-8-6-13(10-20(19)32-2)22-21-23(29)17-12-15(27)7-9-18(17)33-24(21)25(30)28(22)16-5-3-4-14(26)11-16/h3-12,22H,1-2H3. The Labute approximate surface area is 196 Å². The highest BCUT2D eigenvalue weighted by molar-refractivity contribution is 9.10. The molecule has 0 spiro atoms. The summed E-state index contributed by atoms with van der Waals surface area (Å²) < 4.78 is 31.3. The predicted octanol–water partition coefficient (Wildman–Crippen LogP) is 5.46. The summed E-state index contributed by atoms with van der Waals surface area (Å²) in [5.41, 5.74) is 1.01. The molecule has 2 heterocycles. The van der Waals surface area contributed by atoms with Gasteiger partial charge in [-0.15, -0.1) is 0 Å². The first kappa shape index (κ1) is 21.2. The van der Waals surface area contributed by atoms with Crippen molar-refractivity contribution in [2.24, 2.45) is 0 Å². The Balaban J connectivity index is 1.82. The van der Waals surface area contributed by atoms with Crippen LogP contribution in [0.5, 0.6) is 11.5 Å². The number of anilines is 1. The Morgan fingerprint density at radius 3 is 2.48 bits per heavy atom. The highest BCUT2D eigenvalue weighted by atomic mass is 79.9. The number of carbonyl (C=O) groups excluding carboxylic acids is 1. The van der Waals surface area contributed by atoms with E-state index in [1.54, 1.807) is 36.4 Å². The zero-order valence-corrected chi connectivity index (χ0v) is 19.2. The predicted molar refractivity (Wildman–Crippen MR) is 125 cm³/mol. The minimum absolute atomic E-state index is 0.0705. The van der Waals surface area contributed by atoms with Crippen molar-refractivity contribution in [1.29, 1.82) is 0 Å². The van der Waals surface area contributed by atoms with E-state index in [4.69, 9.17) is 13.9 Å². The summed E-state index contributed by atoms with van der Waals surface area (Å²) in [6, 6.07) is 15.2. The fourth-order valence-electron chi connectivity index (χ4n) is 4.18. The van der Waals surface area contributed by atoms with Crippen LogP contribution in [0.1, 0.15) is 27.7 Å². The maximum Gasteiger partial charge on any atom is 0.295 e. The van der Waals surface area contributed by atoms with Gasteiger partial charge in [-0.25, -0.2) is 4.39 Å². The van der Waals surface area contributed by atoms with Crippen molar-refractivity contribution in [1.82, 2.24) is 0 Å². The fraction of sp³-hybridized carbons (Fsp3) is 0.120. The molecule has 1 aliphatic rings.